The Balaban J connectivity index is 2.88. The normalized spacial score (nSPS) is 10.2. The van der Waals surface area contributed by atoms with Crippen LogP contribution in [0.4, 0.5) is 5.69 Å². The smallest absolute Gasteiger partial charge is 0.159 e. The second-order valence-electron chi connectivity index (χ2n) is 4.49. The average Bonchev–Trinajstić information content (AvgIpc) is 2.39. The number of benzene rings is 1. The van der Waals surface area contributed by atoms with Gasteiger partial charge in [0.1, 0.15) is 6.07 Å². The molecule has 0 saturated heterocycles. The molecule has 0 saturated carbocycles. The third-order valence-corrected chi connectivity index (χ3v) is 3.28. The van der Waals surface area contributed by atoms with Gasteiger partial charge in [-0.25, -0.2) is 0 Å². The van der Waals surface area contributed by atoms with Crippen LogP contribution in [0.15, 0.2) is 18.2 Å². The summed E-state index contributed by atoms with van der Waals surface area (Å²) in [6, 6.07) is 7.31. The van der Waals surface area contributed by atoms with Gasteiger partial charge in [-0.05, 0) is 31.0 Å². The van der Waals surface area contributed by atoms with E-state index in [0.717, 1.165) is 25.1 Å². The molecule has 0 atom stereocenters. The van der Waals surface area contributed by atoms with Gasteiger partial charge in [-0.1, -0.05) is 26.7 Å². The molecule has 0 fully saturated rings. The first-order valence-corrected chi connectivity index (χ1v) is 6.41. The summed E-state index contributed by atoms with van der Waals surface area (Å²) in [5.41, 5.74) is 1.99. The van der Waals surface area contributed by atoms with Crippen LogP contribution in [0.1, 0.15) is 49.5 Å². The van der Waals surface area contributed by atoms with Crippen molar-refractivity contribution < 1.29 is 4.79 Å². The number of hydrogen-bond donors (Lipinski definition) is 1. The van der Waals surface area contributed by atoms with Crippen LogP contribution >= 0.6 is 0 Å². The predicted octanol–water partition coefficient (Wildman–Crippen LogP) is 3.61. The minimum Gasteiger partial charge on any atom is -0.384 e. The lowest BCUT2D eigenvalue weighted by Crippen LogP contribution is -2.13. The highest BCUT2D eigenvalue weighted by Gasteiger charge is 2.08. The number of hydrogen-bond acceptors (Lipinski definition) is 3. The Morgan fingerprint density at radius 1 is 1.39 bits per heavy atom. The summed E-state index contributed by atoms with van der Waals surface area (Å²) in [7, 11) is 0. The van der Waals surface area contributed by atoms with Crippen LogP contribution in [0, 0.1) is 17.2 Å². The molecule has 1 aromatic carbocycles. The molecule has 0 aliphatic carbocycles. The van der Waals surface area contributed by atoms with E-state index in [9.17, 15) is 4.79 Å². The lowest BCUT2D eigenvalue weighted by Gasteiger charge is -2.15. The van der Waals surface area contributed by atoms with E-state index in [1.807, 2.05) is 0 Å². The number of rotatable bonds is 6. The maximum absolute atomic E-state index is 11.3. The van der Waals surface area contributed by atoms with E-state index < -0.39 is 0 Å². The molecular formula is C15H20N2O. The molecular weight excluding hydrogens is 224 g/mol. The first-order valence-electron chi connectivity index (χ1n) is 6.41. The van der Waals surface area contributed by atoms with Gasteiger partial charge in [-0.3, -0.25) is 4.79 Å². The fourth-order valence-corrected chi connectivity index (χ4v) is 1.84. The molecule has 0 heterocycles. The Morgan fingerprint density at radius 3 is 2.56 bits per heavy atom. The SMILES string of the molecule is CCC(CC)CNc1cc(C(C)=O)ccc1C#N. The molecule has 18 heavy (non-hydrogen) atoms. The van der Waals surface area contributed by atoms with Gasteiger partial charge in [0.15, 0.2) is 5.78 Å². The molecule has 1 rings (SSSR count). The summed E-state index contributed by atoms with van der Waals surface area (Å²) in [6.45, 7) is 6.69. The Bertz CT molecular complexity index is 456. The van der Waals surface area contributed by atoms with Crippen molar-refractivity contribution in [3.05, 3.63) is 29.3 Å². The average molecular weight is 244 g/mol. The molecule has 3 nitrogen and oxygen atoms in total. The summed E-state index contributed by atoms with van der Waals surface area (Å²) in [4.78, 5) is 11.3. The quantitative estimate of drug-likeness (QED) is 0.778. The van der Waals surface area contributed by atoms with Gasteiger partial charge in [-0.2, -0.15) is 5.26 Å². The third kappa shape index (κ3) is 3.59. The zero-order valence-corrected chi connectivity index (χ0v) is 11.3. The number of nitriles is 1. The van der Waals surface area contributed by atoms with E-state index in [-0.39, 0.29) is 5.78 Å². The first-order chi connectivity index (χ1) is 8.62. The van der Waals surface area contributed by atoms with E-state index in [4.69, 9.17) is 5.26 Å². The van der Waals surface area contributed by atoms with E-state index >= 15 is 0 Å². The highest BCUT2D eigenvalue weighted by atomic mass is 16.1. The fourth-order valence-electron chi connectivity index (χ4n) is 1.84. The van der Waals surface area contributed by atoms with E-state index in [1.54, 1.807) is 18.2 Å². The van der Waals surface area contributed by atoms with Crippen molar-refractivity contribution in [1.82, 2.24) is 0 Å². The van der Waals surface area contributed by atoms with Crippen LogP contribution in [0.5, 0.6) is 0 Å². The molecule has 0 aliphatic rings. The molecule has 1 aromatic rings. The van der Waals surface area contributed by atoms with Crippen LogP contribution in [0.2, 0.25) is 0 Å². The summed E-state index contributed by atoms with van der Waals surface area (Å²) in [6.07, 6.45) is 2.22. The standard InChI is InChI=1S/C15H20N2O/c1-4-12(5-2)10-17-15-8-13(11(3)18)6-7-14(15)9-16/h6-8,12,17H,4-5,10H2,1-3H3. The molecule has 3 heteroatoms. The van der Waals surface area contributed by atoms with E-state index in [1.165, 1.54) is 6.92 Å². The maximum atomic E-state index is 11.3. The summed E-state index contributed by atoms with van der Waals surface area (Å²) in [5, 5.41) is 12.3. The summed E-state index contributed by atoms with van der Waals surface area (Å²) >= 11 is 0. The third-order valence-electron chi connectivity index (χ3n) is 3.28. The second-order valence-corrected chi connectivity index (χ2v) is 4.49. The highest BCUT2D eigenvalue weighted by molar-refractivity contribution is 5.95. The van der Waals surface area contributed by atoms with Gasteiger partial charge in [-0.15, -0.1) is 0 Å². The van der Waals surface area contributed by atoms with Gasteiger partial charge in [0, 0.05) is 12.1 Å². The number of carbonyl (C=O) groups excluding carboxylic acids is 1. The van der Waals surface area contributed by atoms with Crippen molar-refractivity contribution in [2.24, 2.45) is 5.92 Å². The Labute approximate surface area is 109 Å². The Hall–Kier alpha value is -1.82. The lowest BCUT2D eigenvalue weighted by molar-refractivity contribution is 0.101. The topological polar surface area (TPSA) is 52.9 Å². The van der Waals surface area contributed by atoms with Gasteiger partial charge in [0.2, 0.25) is 0 Å². The minimum atomic E-state index is 0.0186. The molecule has 0 aliphatic heterocycles. The van der Waals surface area contributed by atoms with Crippen LogP contribution in [-0.2, 0) is 0 Å². The van der Waals surface area contributed by atoms with E-state index in [0.29, 0.717) is 17.0 Å². The van der Waals surface area contributed by atoms with Crippen molar-refractivity contribution >= 4 is 11.5 Å². The van der Waals surface area contributed by atoms with Crippen molar-refractivity contribution in [2.75, 3.05) is 11.9 Å². The minimum absolute atomic E-state index is 0.0186. The largest absolute Gasteiger partial charge is 0.384 e. The van der Waals surface area contributed by atoms with Crippen molar-refractivity contribution in [3.63, 3.8) is 0 Å². The summed E-state index contributed by atoms with van der Waals surface area (Å²) < 4.78 is 0. The number of carbonyl (C=O) groups is 1. The van der Waals surface area contributed by atoms with Crippen LogP contribution in [-0.4, -0.2) is 12.3 Å². The van der Waals surface area contributed by atoms with Crippen molar-refractivity contribution in [1.29, 1.82) is 5.26 Å². The fraction of sp³-hybridized carbons (Fsp3) is 0.467. The van der Waals surface area contributed by atoms with Gasteiger partial charge in [0.25, 0.3) is 0 Å². The zero-order chi connectivity index (χ0) is 13.5. The number of Topliss-reactive ketones (excluding diaryl/α,β-unsaturated/α-hetero) is 1. The number of ketones is 1. The van der Waals surface area contributed by atoms with Crippen molar-refractivity contribution in [2.45, 2.75) is 33.6 Å². The summed E-state index contributed by atoms with van der Waals surface area (Å²) in [5.74, 6) is 0.614. The van der Waals surface area contributed by atoms with Gasteiger partial charge >= 0.3 is 0 Å². The molecule has 1 N–H and O–H groups in total. The number of nitrogens with one attached hydrogen (secondary N) is 1. The monoisotopic (exact) mass is 244 g/mol. The first kappa shape index (κ1) is 14.2. The Kier molecular flexibility index (Phi) is 5.38. The molecule has 0 amide bonds. The predicted molar refractivity (Wildman–Crippen MR) is 73.7 cm³/mol. The van der Waals surface area contributed by atoms with Crippen LogP contribution in [0.25, 0.3) is 0 Å². The van der Waals surface area contributed by atoms with Gasteiger partial charge in [0.05, 0.1) is 11.3 Å². The highest BCUT2D eigenvalue weighted by Crippen LogP contribution is 2.19. The molecule has 96 valence electrons. The molecule has 0 bridgehead atoms. The lowest BCUT2D eigenvalue weighted by atomic mass is 10.0. The number of nitrogens with zero attached hydrogens (tertiary/aromatic N) is 1. The van der Waals surface area contributed by atoms with Crippen LogP contribution in [0.3, 0.4) is 0 Å². The van der Waals surface area contributed by atoms with Gasteiger partial charge < -0.3 is 5.32 Å². The Morgan fingerprint density at radius 2 is 2.06 bits per heavy atom. The van der Waals surface area contributed by atoms with Crippen molar-refractivity contribution in [3.8, 4) is 6.07 Å². The molecule has 0 aromatic heterocycles. The molecule has 0 unspecified atom stereocenters. The van der Waals surface area contributed by atoms with Crippen LogP contribution < -0.4 is 5.32 Å². The molecule has 0 spiro atoms. The second kappa shape index (κ2) is 6.80. The molecule has 0 radical (unpaired) electrons. The zero-order valence-electron chi connectivity index (χ0n) is 11.3. The maximum Gasteiger partial charge on any atom is 0.159 e. The van der Waals surface area contributed by atoms with E-state index in [2.05, 4.69) is 25.2 Å². The number of anilines is 1.